The van der Waals surface area contributed by atoms with Gasteiger partial charge in [0.15, 0.2) is 0 Å². The lowest BCUT2D eigenvalue weighted by Gasteiger charge is -2.17. The minimum atomic E-state index is -0.352. The van der Waals surface area contributed by atoms with Crippen LogP contribution in [0.1, 0.15) is 30.5 Å². The van der Waals surface area contributed by atoms with Crippen LogP contribution in [-0.4, -0.2) is 17.7 Å². The topological polar surface area (TPSA) is 72.4 Å². The molecule has 1 aromatic heterocycles. The summed E-state index contributed by atoms with van der Waals surface area (Å²) in [6.45, 7) is 10.5. The smallest absolute Gasteiger partial charge is 0.319 e. The van der Waals surface area contributed by atoms with Crippen LogP contribution in [0.5, 0.6) is 5.75 Å². The average Bonchev–Trinajstić information content (AvgIpc) is 2.70. The number of anilines is 1. The summed E-state index contributed by atoms with van der Waals surface area (Å²) in [5.41, 5.74) is 2.68. The molecule has 0 aliphatic heterocycles. The van der Waals surface area contributed by atoms with Crippen LogP contribution in [0.25, 0.3) is 6.08 Å². The van der Waals surface area contributed by atoms with Gasteiger partial charge in [-0.3, -0.25) is 4.79 Å². The first-order chi connectivity index (χ1) is 13.8. The molecule has 1 heterocycles. The summed E-state index contributed by atoms with van der Waals surface area (Å²) >= 11 is 0. The Morgan fingerprint density at radius 2 is 2.10 bits per heavy atom. The van der Waals surface area contributed by atoms with E-state index in [2.05, 4.69) is 17.2 Å². The van der Waals surface area contributed by atoms with E-state index in [1.807, 2.05) is 38.1 Å². The number of urea groups is 1. The van der Waals surface area contributed by atoms with Crippen molar-refractivity contribution in [3.05, 3.63) is 76.2 Å². The molecule has 2 amide bonds. The van der Waals surface area contributed by atoms with Crippen LogP contribution in [0, 0.1) is 12.8 Å². The molecule has 2 aromatic rings. The summed E-state index contributed by atoms with van der Waals surface area (Å²) in [4.78, 5) is 25.2. The number of carbonyl (C=O) groups excluding carboxylic acids is 1. The molecule has 0 saturated carbocycles. The third kappa shape index (κ3) is 6.10. The number of amides is 2. The summed E-state index contributed by atoms with van der Waals surface area (Å²) in [6.07, 6.45) is 6.85. The lowest BCUT2D eigenvalue weighted by molar-refractivity contribution is 0.251. The first-order valence-corrected chi connectivity index (χ1v) is 9.56. The second-order valence-corrected chi connectivity index (χ2v) is 7.19. The summed E-state index contributed by atoms with van der Waals surface area (Å²) in [5, 5.41) is 5.71. The Morgan fingerprint density at radius 3 is 2.76 bits per heavy atom. The van der Waals surface area contributed by atoms with Gasteiger partial charge in [-0.15, -0.1) is 0 Å². The van der Waals surface area contributed by atoms with Crippen LogP contribution in [-0.2, 0) is 13.1 Å². The van der Waals surface area contributed by atoms with E-state index in [1.54, 1.807) is 43.0 Å². The molecule has 0 aliphatic rings. The van der Waals surface area contributed by atoms with Crippen molar-refractivity contribution in [3.63, 3.8) is 0 Å². The number of hydrogen-bond donors (Lipinski definition) is 2. The summed E-state index contributed by atoms with van der Waals surface area (Å²) in [7, 11) is 1.60. The maximum absolute atomic E-state index is 12.7. The molecule has 0 radical (unpaired) electrons. The molecular formula is C23H29N3O3. The van der Waals surface area contributed by atoms with Crippen LogP contribution in [0.3, 0.4) is 0 Å². The maximum atomic E-state index is 12.7. The molecule has 0 fully saturated rings. The standard InChI is InChI=1S/C23H29N3O3/c1-6-7-11-20-17(4)22(27)26(14-16(2)3)15-21(20)25-23(28)24-13-18-9-8-10-19(12-18)29-5/h6-12,15-16H,1,13-14H2,2-5H3,(H2,24,25,28)/b11-7-. The summed E-state index contributed by atoms with van der Waals surface area (Å²) < 4.78 is 6.85. The Labute approximate surface area is 171 Å². The van der Waals surface area contributed by atoms with Crippen LogP contribution in [0.4, 0.5) is 10.5 Å². The SMILES string of the molecule is C=C/C=C\c1c(NC(=O)NCc2cccc(OC)c2)cn(CC(C)C)c(=O)c1C. The second-order valence-electron chi connectivity index (χ2n) is 7.19. The highest BCUT2D eigenvalue weighted by Crippen LogP contribution is 2.20. The highest BCUT2D eigenvalue weighted by atomic mass is 16.5. The number of aromatic nitrogens is 1. The molecule has 0 bridgehead atoms. The molecule has 2 N–H and O–H groups in total. The second kappa shape index (κ2) is 10.3. The van der Waals surface area contributed by atoms with Crippen molar-refractivity contribution in [2.45, 2.75) is 33.9 Å². The minimum absolute atomic E-state index is 0.0650. The van der Waals surface area contributed by atoms with Gasteiger partial charge >= 0.3 is 6.03 Å². The quantitative estimate of drug-likeness (QED) is 0.653. The van der Waals surface area contributed by atoms with E-state index in [1.165, 1.54) is 0 Å². The van der Waals surface area contributed by atoms with E-state index >= 15 is 0 Å². The Kier molecular flexibility index (Phi) is 7.83. The number of ether oxygens (including phenoxy) is 1. The number of benzene rings is 1. The number of carbonyl (C=O) groups is 1. The molecule has 0 saturated heterocycles. The minimum Gasteiger partial charge on any atom is -0.497 e. The van der Waals surface area contributed by atoms with E-state index < -0.39 is 0 Å². The van der Waals surface area contributed by atoms with Crippen LogP contribution >= 0.6 is 0 Å². The van der Waals surface area contributed by atoms with E-state index in [0.717, 1.165) is 11.3 Å². The van der Waals surface area contributed by atoms with Gasteiger partial charge in [0.1, 0.15) is 5.75 Å². The zero-order chi connectivity index (χ0) is 21.4. The molecule has 2 rings (SSSR count). The van der Waals surface area contributed by atoms with Crippen molar-refractivity contribution in [3.8, 4) is 5.75 Å². The van der Waals surface area contributed by atoms with Gasteiger partial charge in [0.25, 0.3) is 5.56 Å². The summed E-state index contributed by atoms with van der Waals surface area (Å²) in [5.74, 6) is 1.04. The molecule has 1 aromatic carbocycles. The number of nitrogens with zero attached hydrogens (tertiary/aromatic N) is 1. The number of nitrogens with one attached hydrogen (secondary N) is 2. The van der Waals surface area contributed by atoms with Gasteiger partial charge in [0.05, 0.1) is 12.8 Å². The molecule has 154 valence electrons. The Hall–Kier alpha value is -3.28. The molecular weight excluding hydrogens is 366 g/mol. The normalized spacial score (nSPS) is 10.9. The van der Waals surface area contributed by atoms with Crippen molar-refractivity contribution in [2.75, 3.05) is 12.4 Å². The zero-order valence-corrected chi connectivity index (χ0v) is 17.5. The van der Waals surface area contributed by atoms with E-state index in [9.17, 15) is 9.59 Å². The van der Waals surface area contributed by atoms with E-state index in [-0.39, 0.29) is 11.6 Å². The van der Waals surface area contributed by atoms with Crippen molar-refractivity contribution in [1.29, 1.82) is 0 Å². The molecule has 0 aliphatic carbocycles. The highest BCUT2D eigenvalue weighted by molar-refractivity contribution is 5.91. The zero-order valence-electron chi connectivity index (χ0n) is 17.5. The Bertz CT molecular complexity index is 958. The van der Waals surface area contributed by atoms with Crippen LogP contribution < -0.4 is 20.9 Å². The third-order valence-electron chi connectivity index (χ3n) is 4.36. The Morgan fingerprint density at radius 1 is 1.34 bits per heavy atom. The fraction of sp³-hybridized carbons (Fsp3) is 0.304. The first kappa shape index (κ1) is 22.0. The fourth-order valence-electron chi connectivity index (χ4n) is 2.96. The van der Waals surface area contributed by atoms with Gasteiger partial charge < -0.3 is 19.9 Å². The van der Waals surface area contributed by atoms with Crippen LogP contribution in [0.2, 0.25) is 0 Å². The largest absolute Gasteiger partial charge is 0.497 e. The van der Waals surface area contributed by atoms with Gasteiger partial charge in [-0.25, -0.2) is 4.79 Å². The molecule has 0 spiro atoms. The molecule has 0 unspecified atom stereocenters. The highest BCUT2D eigenvalue weighted by Gasteiger charge is 2.13. The average molecular weight is 396 g/mol. The first-order valence-electron chi connectivity index (χ1n) is 9.56. The molecule has 6 nitrogen and oxygen atoms in total. The van der Waals surface area contributed by atoms with Gasteiger partial charge in [-0.2, -0.15) is 0 Å². The van der Waals surface area contributed by atoms with Gasteiger partial charge in [0.2, 0.25) is 0 Å². The van der Waals surface area contributed by atoms with E-state index in [4.69, 9.17) is 4.74 Å². The Balaban J connectivity index is 2.25. The van der Waals surface area contributed by atoms with Crippen molar-refractivity contribution < 1.29 is 9.53 Å². The number of pyridine rings is 1. The molecule has 0 atom stereocenters. The monoisotopic (exact) mass is 395 g/mol. The van der Waals surface area contributed by atoms with Crippen molar-refractivity contribution in [2.24, 2.45) is 5.92 Å². The van der Waals surface area contributed by atoms with Gasteiger partial charge in [-0.05, 0) is 30.5 Å². The number of rotatable bonds is 8. The summed E-state index contributed by atoms with van der Waals surface area (Å²) in [6, 6.07) is 7.15. The third-order valence-corrected chi connectivity index (χ3v) is 4.36. The predicted octanol–water partition coefficient (Wildman–Crippen LogP) is 4.34. The maximum Gasteiger partial charge on any atom is 0.319 e. The van der Waals surface area contributed by atoms with Crippen molar-refractivity contribution >= 4 is 17.8 Å². The van der Waals surface area contributed by atoms with E-state index in [0.29, 0.717) is 35.8 Å². The number of methoxy groups -OCH3 is 1. The van der Waals surface area contributed by atoms with Crippen molar-refractivity contribution in [1.82, 2.24) is 9.88 Å². The number of hydrogen-bond acceptors (Lipinski definition) is 3. The van der Waals surface area contributed by atoms with Gasteiger partial charge in [-0.1, -0.05) is 50.8 Å². The molecule has 29 heavy (non-hydrogen) atoms. The predicted molar refractivity (Wildman–Crippen MR) is 118 cm³/mol. The number of allylic oxidation sites excluding steroid dienone is 2. The molecule has 6 heteroatoms. The lowest BCUT2D eigenvalue weighted by Crippen LogP contribution is -2.31. The lowest BCUT2D eigenvalue weighted by atomic mass is 10.1. The van der Waals surface area contributed by atoms with Crippen LogP contribution in [0.15, 0.2) is 54.0 Å². The van der Waals surface area contributed by atoms with Gasteiger partial charge in [0, 0.05) is 30.4 Å². The fourth-order valence-corrected chi connectivity index (χ4v) is 2.96.